The summed E-state index contributed by atoms with van der Waals surface area (Å²) in [6, 6.07) is 12.2. The Hall–Kier alpha value is -2.54. The first-order valence-corrected chi connectivity index (χ1v) is 10.8. The van der Waals surface area contributed by atoms with Crippen LogP contribution in [0, 0.1) is 6.92 Å². The van der Waals surface area contributed by atoms with Crippen LogP contribution in [0.2, 0.25) is 5.15 Å². The van der Waals surface area contributed by atoms with E-state index in [2.05, 4.69) is 27.0 Å². The minimum absolute atomic E-state index is 0.0542. The van der Waals surface area contributed by atoms with Gasteiger partial charge in [-0.2, -0.15) is 0 Å². The summed E-state index contributed by atoms with van der Waals surface area (Å²) in [6.45, 7) is 4.08. The lowest BCUT2D eigenvalue weighted by molar-refractivity contribution is 0.242. The molecule has 0 radical (unpaired) electrons. The van der Waals surface area contributed by atoms with E-state index in [0.29, 0.717) is 24.1 Å². The highest BCUT2D eigenvalue weighted by molar-refractivity contribution is 7.13. The quantitative estimate of drug-likeness (QED) is 0.491. The van der Waals surface area contributed by atoms with E-state index in [1.165, 1.54) is 0 Å². The Morgan fingerprint density at radius 2 is 2.14 bits per heavy atom. The van der Waals surface area contributed by atoms with Crippen LogP contribution in [0.25, 0.3) is 21.6 Å². The van der Waals surface area contributed by atoms with Crippen molar-refractivity contribution in [3.05, 3.63) is 79.7 Å². The maximum atomic E-state index is 12.7. The molecule has 0 bridgehead atoms. The summed E-state index contributed by atoms with van der Waals surface area (Å²) in [6.07, 6.45) is 0.745. The summed E-state index contributed by atoms with van der Waals surface area (Å²) in [7, 11) is 0. The summed E-state index contributed by atoms with van der Waals surface area (Å²) in [5.41, 5.74) is 4.62. The minimum Gasteiger partial charge on any atom is -0.306 e. The summed E-state index contributed by atoms with van der Waals surface area (Å²) < 4.78 is 0. The second-order valence-electron chi connectivity index (χ2n) is 7.36. The van der Waals surface area contributed by atoms with Crippen LogP contribution in [-0.4, -0.2) is 26.4 Å². The highest BCUT2D eigenvalue weighted by Gasteiger charge is 2.22. The lowest BCUT2D eigenvalue weighted by Crippen LogP contribution is -2.35. The van der Waals surface area contributed by atoms with E-state index in [0.717, 1.165) is 51.1 Å². The summed E-state index contributed by atoms with van der Waals surface area (Å²) in [5, 5.41) is 3.60. The van der Waals surface area contributed by atoms with Gasteiger partial charge in [-0.15, -0.1) is 11.3 Å². The van der Waals surface area contributed by atoms with Crippen molar-refractivity contribution in [2.24, 2.45) is 0 Å². The minimum atomic E-state index is -0.0542. The number of halogens is 1. The molecule has 0 aliphatic carbocycles. The molecule has 0 saturated heterocycles. The third kappa shape index (κ3) is 3.48. The van der Waals surface area contributed by atoms with Crippen molar-refractivity contribution < 1.29 is 0 Å². The van der Waals surface area contributed by atoms with E-state index < -0.39 is 0 Å². The first-order valence-electron chi connectivity index (χ1n) is 9.51. The van der Waals surface area contributed by atoms with Crippen LogP contribution in [0.4, 0.5) is 0 Å². The zero-order valence-corrected chi connectivity index (χ0v) is 17.5. The number of nitrogens with one attached hydrogen (secondary N) is 1. The van der Waals surface area contributed by atoms with Gasteiger partial charge in [0.1, 0.15) is 5.15 Å². The number of hydrogen-bond donors (Lipinski definition) is 1. The molecule has 0 spiro atoms. The number of rotatable bonds is 3. The van der Waals surface area contributed by atoms with Crippen LogP contribution in [0.3, 0.4) is 0 Å². The molecule has 1 aliphatic rings. The van der Waals surface area contributed by atoms with Crippen molar-refractivity contribution in [1.82, 2.24) is 19.9 Å². The van der Waals surface area contributed by atoms with E-state index in [9.17, 15) is 4.79 Å². The lowest BCUT2D eigenvalue weighted by atomic mass is 10.1. The zero-order chi connectivity index (χ0) is 20.0. The van der Waals surface area contributed by atoms with Gasteiger partial charge in [-0.05, 0) is 30.0 Å². The molecule has 5 rings (SSSR count). The van der Waals surface area contributed by atoms with Gasteiger partial charge in [0.05, 0.1) is 21.7 Å². The van der Waals surface area contributed by atoms with Crippen molar-refractivity contribution in [2.45, 2.75) is 26.4 Å². The van der Waals surface area contributed by atoms with E-state index in [1.807, 2.05) is 36.6 Å². The van der Waals surface area contributed by atoms with Gasteiger partial charge in [-0.3, -0.25) is 9.69 Å². The highest BCUT2D eigenvalue weighted by Crippen LogP contribution is 2.26. The van der Waals surface area contributed by atoms with E-state index in [-0.39, 0.29) is 5.56 Å². The van der Waals surface area contributed by atoms with Gasteiger partial charge in [-0.1, -0.05) is 35.9 Å². The number of aryl methyl sites for hydroxylation is 1. The SMILES string of the molecule is Cc1cccc2cc(CN3CCc4nc(-c5cccs5)[nH]c(=O)c4C3)c(Cl)nc12. The molecule has 5 nitrogen and oxygen atoms in total. The van der Waals surface area contributed by atoms with Crippen LogP contribution in [-0.2, 0) is 19.5 Å². The van der Waals surface area contributed by atoms with Crippen LogP contribution < -0.4 is 5.56 Å². The molecule has 0 amide bonds. The zero-order valence-electron chi connectivity index (χ0n) is 15.9. The number of nitrogens with zero attached hydrogens (tertiary/aromatic N) is 3. The van der Waals surface area contributed by atoms with Crippen molar-refractivity contribution in [3.63, 3.8) is 0 Å². The molecule has 0 fully saturated rings. The molecule has 4 aromatic rings. The van der Waals surface area contributed by atoms with Crippen molar-refractivity contribution in [3.8, 4) is 10.7 Å². The number of H-pyrrole nitrogens is 1. The number of aromatic amines is 1. The number of hydrogen-bond acceptors (Lipinski definition) is 5. The van der Waals surface area contributed by atoms with Gasteiger partial charge >= 0.3 is 0 Å². The number of para-hydroxylation sites is 1. The number of aromatic nitrogens is 3. The average molecular weight is 423 g/mol. The number of pyridine rings is 1. The van der Waals surface area contributed by atoms with Crippen LogP contribution in [0.1, 0.15) is 22.4 Å². The van der Waals surface area contributed by atoms with Crippen LogP contribution >= 0.6 is 22.9 Å². The number of thiophene rings is 1. The largest absolute Gasteiger partial charge is 0.306 e. The lowest BCUT2D eigenvalue weighted by Gasteiger charge is -2.28. The second kappa shape index (κ2) is 7.37. The third-order valence-electron chi connectivity index (χ3n) is 5.37. The molecule has 7 heteroatoms. The number of benzene rings is 1. The molecule has 4 heterocycles. The Bertz CT molecular complexity index is 1270. The van der Waals surface area contributed by atoms with Gasteiger partial charge < -0.3 is 4.98 Å². The molecule has 146 valence electrons. The third-order valence-corrected chi connectivity index (χ3v) is 6.57. The smallest absolute Gasteiger partial charge is 0.255 e. The summed E-state index contributed by atoms with van der Waals surface area (Å²) in [4.78, 5) is 28.2. The summed E-state index contributed by atoms with van der Waals surface area (Å²) >= 11 is 8.06. The molecule has 3 aromatic heterocycles. The maximum absolute atomic E-state index is 12.7. The van der Waals surface area contributed by atoms with Crippen LogP contribution in [0.5, 0.6) is 0 Å². The van der Waals surface area contributed by atoms with Crippen molar-refractivity contribution in [1.29, 1.82) is 0 Å². The van der Waals surface area contributed by atoms with E-state index in [1.54, 1.807) is 11.3 Å². The fraction of sp³-hybridized carbons (Fsp3) is 0.227. The highest BCUT2D eigenvalue weighted by atomic mass is 35.5. The van der Waals surface area contributed by atoms with Gasteiger partial charge in [0.25, 0.3) is 5.56 Å². The second-order valence-corrected chi connectivity index (χ2v) is 8.67. The molecule has 0 unspecified atom stereocenters. The normalized spacial score (nSPS) is 14.3. The predicted molar refractivity (Wildman–Crippen MR) is 117 cm³/mol. The Morgan fingerprint density at radius 3 is 2.97 bits per heavy atom. The topological polar surface area (TPSA) is 61.9 Å². The molecular weight excluding hydrogens is 404 g/mol. The van der Waals surface area contributed by atoms with E-state index >= 15 is 0 Å². The Balaban J connectivity index is 1.42. The molecule has 29 heavy (non-hydrogen) atoms. The Kier molecular flexibility index (Phi) is 4.70. The fourth-order valence-electron chi connectivity index (χ4n) is 3.87. The standard InChI is InChI=1S/C22H19ClN4OS/c1-13-4-2-5-14-10-15(20(23)25-19(13)14)11-27-8-7-17-16(12-27)22(28)26-21(24-17)18-6-3-9-29-18/h2-6,9-10H,7-8,11-12H2,1H3,(H,24,26,28). The molecule has 0 atom stereocenters. The van der Waals surface area contributed by atoms with Crippen molar-refractivity contribution in [2.75, 3.05) is 6.54 Å². The van der Waals surface area contributed by atoms with Crippen LogP contribution in [0.15, 0.2) is 46.6 Å². The maximum Gasteiger partial charge on any atom is 0.255 e. The molecule has 0 saturated carbocycles. The average Bonchev–Trinajstić information content (AvgIpc) is 3.25. The van der Waals surface area contributed by atoms with Gasteiger partial charge in [0, 0.05) is 37.0 Å². The predicted octanol–water partition coefficient (Wildman–Crippen LogP) is 4.57. The number of fused-ring (bicyclic) bond motifs is 2. The monoisotopic (exact) mass is 422 g/mol. The fourth-order valence-corrected chi connectivity index (χ4v) is 4.73. The summed E-state index contributed by atoms with van der Waals surface area (Å²) in [5.74, 6) is 0.661. The first-order chi connectivity index (χ1) is 14.1. The molecular formula is C22H19ClN4OS. The Morgan fingerprint density at radius 1 is 1.24 bits per heavy atom. The molecule has 1 aromatic carbocycles. The van der Waals surface area contributed by atoms with Gasteiger partial charge in [-0.25, -0.2) is 9.97 Å². The molecule has 1 N–H and O–H groups in total. The van der Waals surface area contributed by atoms with Gasteiger partial charge in [0.15, 0.2) is 5.82 Å². The molecule has 1 aliphatic heterocycles. The Labute approximate surface area is 177 Å². The van der Waals surface area contributed by atoms with Crippen molar-refractivity contribution >= 4 is 33.8 Å². The van der Waals surface area contributed by atoms with E-state index in [4.69, 9.17) is 16.6 Å². The van der Waals surface area contributed by atoms with Gasteiger partial charge in [0.2, 0.25) is 0 Å². The first kappa shape index (κ1) is 18.5.